The van der Waals surface area contributed by atoms with Crippen molar-refractivity contribution in [1.82, 2.24) is 15.3 Å². The van der Waals surface area contributed by atoms with Gasteiger partial charge in [0.2, 0.25) is 0 Å². The van der Waals surface area contributed by atoms with E-state index in [1.54, 1.807) is 6.26 Å². The Labute approximate surface area is 122 Å². The maximum atomic E-state index is 11.4. The predicted molar refractivity (Wildman–Crippen MR) is 82.5 cm³/mol. The Hall–Kier alpha value is -2.27. The van der Waals surface area contributed by atoms with E-state index in [1.807, 2.05) is 31.2 Å². The van der Waals surface area contributed by atoms with Gasteiger partial charge in [-0.15, -0.1) is 0 Å². The molecule has 5 nitrogen and oxygen atoms in total. The van der Waals surface area contributed by atoms with Crippen LogP contribution < -0.4 is 11.0 Å². The highest BCUT2D eigenvalue weighted by Crippen LogP contribution is 2.25. The smallest absolute Gasteiger partial charge is 0.323 e. The van der Waals surface area contributed by atoms with E-state index >= 15 is 0 Å². The Morgan fingerprint density at radius 2 is 2.00 bits per heavy atom. The number of H-pyrrole nitrogens is 2. The molecule has 5 heteroatoms. The van der Waals surface area contributed by atoms with Crippen LogP contribution in [0.4, 0.5) is 0 Å². The fourth-order valence-corrected chi connectivity index (χ4v) is 2.56. The van der Waals surface area contributed by atoms with Gasteiger partial charge in [0.15, 0.2) is 0 Å². The Balaban J connectivity index is 2.02. The van der Waals surface area contributed by atoms with Gasteiger partial charge in [0.05, 0.1) is 23.3 Å². The number of imidazole rings is 1. The molecule has 0 radical (unpaired) electrons. The van der Waals surface area contributed by atoms with E-state index in [0.717, 1.165) is 40.9 Å². The van der Waals surface area contributed by atoms with E-state index in [9.17, 15) is 4.79 Å². The van der Waals surface area contributed by atoms with Crippen LogP contribution in [0.2, 0.25) is 0 Å². The molecular formula is C16H19N3O2. The fourth-order valence-electron chi connectivity index (χ4n) is 2.56. The number of rotatable bonds is 5. The van der Waals surface area contributed by atoms with Gasteiger partial charge in [-0.2, -0.15) is 0 Å². The summed E-state index contributed by atoms with van der Waals surface area (Å²) in [5.74, 6) is 0.893. The summed E-state index contributed by atoms with van der Waals surface area (Å²) in [5.41, 5.74) is 3.66. The molecule has 0 aliphatic rings. The summed E-state index contributed by atoms with van der Waals surface area (Å²) in [6.45, 7) is 4.99. The quantitative estimate of drug-likeness (QED) is 0.675. The van der Waals surface area contributed by atoms with Gasteiger partial charge < -0.3 is 19.7 Å². The van der Waals surface area contributed by atoms with Gasteiger partial charge in [0.1, 0.15) is 5.76 Å². The Kier molecular flexibility index (Phi) is 3.66. The molecule has 1 unspecified atom stereocenters. The largest absolute Gasteiger partial charge is 0.469 e. The van der Waals surface area contributed by atoms with Crippen LogP contribution in [0.3, 0.4) is 0 Å². The van der Waals surface area contributed by atoms with Crippen LogP contribution in [-0.2, 0) is 0 Å². The number of aromatic amines is 2. The fraction of sp³-hybridized carbons (Fsp3) is 0.312. The molecule has 0 saturated heterocycles. The van der Waals surface area contributed by atoms with Gasteiger partial charge in [-0.3, -0.25) is 0 Å². The Morgan fingerprint density at radius 3 is 2.71 bits per heavy atom. The lowest BCUT2D eigenvalue weighted by Crippen LogP contribution is -2.22. The third kappa shape index (κ3) is 2.78. The summed E-state index contributed by atoms with van der Waals surface area (Å²) in [6, 6.07) is 8.06. The molecule has 1 aromatic carbocycles. The second kappa shape index (κ2) is 5.61. The van der Waals surface area contributed by atoms with Crippen LogP contribution in [0.5, 0.6) is 0 Å². The SMILES string of the molecule is CCCNC(c1coc(C)c1)c1ccc2[nH]c(=O)[nH]c2c1. The molecule has 3 aromatic rings. The third-order valence-electron chi connectivity index (χ3n) is 3.56. The number of aryl methyl sites for hydroxylation is 1. The van der Waals surface area contributed by atoms with Gasteiger partial charge in [0.25, 0.3) is 0 Å². The molecule has 0 saturated carbocycles. The first-order valence-electron chi connectivity index (χ1n) is 7.17. The third-order valence-corrected chi connectivity index (χ3v) is 3.56. The molecule has 21 heavy (non-hydrogen) atoms. The van der Waals surface area contributed by atoms with Crippen LogP contribution in [0.15, 0.2) is 39.7 Å². The van der Waals surface area contributed by atoms with Gasteiger partial charge in [-0.1, -0.05) is 13.0 Å². The maximum Gasteiger partial charge on any atom is 0.323 e. The van der Waals surface area contributed by atoms with Crippen LogP contribution in [0.25, 0.3) is 11.0 Å². The van der Waals surface area contributed by atoms with Crippen molar-refractivity contribution in [3.63, 3.8) is 0 Å². The van der Waals surface area contributed by atoms with Crippen molar-refractivity contribution in [2.45, 2.75) is 26.3 Å². The molecule has 2 heterocycles. The van der Waals surface area contributed by atoms with Crippen LogP contribution >= 0.6 is 0 Å². The first-order valence-corrected chi connectivity index (χ1v) is 7.17. The summed E-state index contributed by atoms with van der Waals surface area (Å²) in [6.07, 6.45) is 2.84. The van der Waals surface area contributed by atoms with Crippen LogP contribution in [0, 0.1) is 6.92 Å². The van der Waals surface area contributed by atoms with Gasteiger partial charge >= 0.3 is 5.69 Å². The van der Waals surface area contributed by atoms with E-state index in [1.165, 1.54) is 0 Å². The van der Waals surface area contributed by atoms with Crippen molar-refractivity contribution in [3.8, 4) is 0 Å². The lowest BCUT2D eigenvalue weighted by molar-refractivity contribution is 0.524. The maximum absolute atomic E-state index is 11.4. The second-order valence-electron chi connectivity index (χ2n) is 5.26. The Bertz CT molecular complexity index is 797. The molecule has 2 aromatic heterocycles. The van der Waals surface area contributed by atoms with Crippen molar-refractivity contribution in [2.75, 3.05) is 6.54 Å². The molecule has 0 fully saturated rings. The first kappa shape index (κ1) is 13.7. The standard InChI is InChI=1S/C16H19N3O2/c1-3-6-17-15(12-7-10(2)21-9-12)11-4-5-13-14(8-11)19-16(20)18-13/h4-5,7-9,15,17H,3,6H2,1-2H3,(H2,18,19,20). The summed E-state index contributed by atoms with van der Waals surface area (Å²) in [4.78, 5) is 16.9. The number of furan rings is 1. The van der Waals surface area contributed by atoms with Crippen molar-refractivity contribution in [1.29, 1.82) is 0 Å². The van der Waals surface area contributed by atoms with Gasteiger partial charge in [-0.05, 0) is 43.7 Å². The highest BCUT2D eigenvalue weighted by atomic mass is 16.3. The summed E-state index contributed by atoms with van der Waals surface area (Å²) in [5, 5.41) is 3.52. The minimum absolute atomic E-state index is 0.0604. The average molecular weight is 285 g/mol. The van der Waals surface area contributed by atoms with Crippen molar-refractivity contribution in [2.24, 2.45) is 0 Å². The van der Waals surface area contributed by atoms with Crippen LogP contribution in [0.1, 0.15) is 36.3 Å². The van der Waals surface area contributed by atoms with E-state index in [2.05, 4.69) is 22.2 Å². The Morgan fingerprint density at radius 1 is 1.19 bits per heavy atom. The summed E-state index contributed by atoms with van der Waals surface area (Å²) in [7, 11) is 0. The number of benzene rings is 1. The number of aromatic nitrogens is 2. The van der Waals surface area contributed by atoms with Gasteiger partial charge in [-0.25, -0.2) is 4.79 Å². The lowest BCUT2D eigenvalue weighted by Gasteiger charge is -2.17. The number of fused-ring (bicyclic) bond motifs is 1. The van der Waals surface area contributed by atoms with E-state index in [-0.39, 0.29) is 11.7 Å². The zero-order valence-electron chi connectivity index (χ0n) is 12.2. The second-order valence-corrected chi connectivity index (χ2v) is 5.26. The zero-order valence-corrected chi connectivity index (χ0v) is 12.2. The zero-order chi connectivity index (χ0) is 14.8. The van der Waals surface area contributed by atoms with E-state index < -0.39 is 0 Å². The first-order chi connectivity index (χ1) is 10.2. The molecule has 0 aliphatic heterocycles. The monoisotopic (exact) mass is 285 g/mol. The topological polar surface area (TPSA) is 73.8 Å². The summed E-state index contributed by atoms with van der Waals surface area (Å²) < 4.78 is 5.43. The van der Waals surface area contributed by atoms with E-state index in [0.29, 0.717) is 0 Å². The number of hydrogen-bond acceptors (Lipinski definition) is 3. The molecule has 0 aliphatic carbocycles. The average Bonchev–Trinajstić information content (AvgIpc) is 3.04. The molecular weight excluding hydrogens is 266 g/mol. The van der Waals surface area contributed by atoms with Crippen molar-refractivity contribution < 1.29 is 4.42 Å². The molecule has 3 N–H and O–H groups in total. The molecule has 0 bridgehead atoms. The molecule has 0 amide bonds. The van der Waals surface area contributed by atoms with Gasteiger partial charge in [0, 0.05) is 5.56 Å². The molecule has 3 rings (SSSR count). The lowest BCUT2D eigenvalue weighted by atomic mass is 10.00. The minimum atomic E-state index is -0.181. The summed E-state index contributed by atoms with van der Waals surface area (Å²) >= 11 is 0. The minimum Gasteiger partial charge on any atom is -0.469 e. The normalized spacial score (nSPS) is 12.9. The highest BCUT2D eigenvalue weighted by Gasteiger charge is 2.16. The highest BCUT2D eigenvalue weighted by molar-refractivity contribution is 5.75. The van der Waals surface area contributed by atoms with Crippen LogP contribution in [-0.4, -0.2) is 16.5 Å². The van der Waals surface area contributed by atoms with Crippen molar-refractivity contribution >= 4 is 11.0 Å². The number of nitrogens with one attached hydrogen (secondary N) is 3. The molecule has 110 valence electrons. The molecule has 1 atom stereocenters. The molecule has 0 spiro atoms. The number of hydrogen-bond donors (Lipinski definition) is 3. The predicted octanol–water partition coefficient (Wildman–Crippen LogP) is 2.85. The van der Waals surface area contributed by atoms with E-state index in [4.69, 9.17) is 4.42 Å². The van der Waals surface area contributed by atoms with Crippen molar-refractivity contribution in [3.05, 3.63) is 57.9 Å².